The van der Waals surface area contributed by atoms with Crippen molar-refractivity contribution in [3.05, 3.63) is 34.4 Å². The van der Waals surface area contributed by atoms with Crippen molar-refractivity contribution in [3.8, 4) is 0 Å². The van der Waals surface area contributed by atoms with Gasteiger partial charge in [-0.25, -0.2) is 0 Å². The first-order chi connectivity index (χ1) is 8.95. The van der Waals surface area contributed by atoms with Crippen molar-refractivity contribution in [2.75, 3.05) is 0 Å². The molecule has 6 heteroatoms. The van der Waals surface area contributed by atoms with Crippen LogP contribution >= 0.6 is 11.6 Å². The minimum Gasteiger partial charge on any atom is -0.383 e. The van der Waals surface area contributed by atoms with E-state index in [-0.39, 0.29) is 5.92 Å². The molecule has 0 saturated carbocycles. The molecule has 0 aromatic carbocycles. The fourth-order valence-corrected chi connectivity index (χ4v) is 2.32. The topological polar surface area (TPSA) is 55.9 Å². The van der Waals surface area contributed by atoms with Gasteiger partial charge in [-0.05, 0) is 12.8 Å². The number of nitrogens with zero attached hydrogens (tertiary/aromatic N) is 4. The first-order valence-electron chi connectivity index (χ1n) is 6.38. The van der Waals surface area contributed by atoms with Crippen LogP contribution in [-0.2, 0) is 13.6 Å². The monoisotopic (exact) mass is 282 g/mol. The van der Waals surface area contributed by atoms with Crippen LogP contribution in [0.5, 0.6) is 0 Å². The highest BCUT2D eigenvalue weighted by molar-refractivity contribution is 6.30. The van der Waals surface area contributed by atoms with Gasteiger partial charge in [0.05, 0.1) is 11.9 Å². The largest absolute Gasteiger partial charge is 0.383 e. The van der Waals surface area contributed by atoms with Crippen molar-refractivity contribution >= 4 is 11.6 Å². The quantitative estimate of drug-likeness (QED) is 0.937. The molecule has 0 aliphatic carbocycles. The number of halogens is 1. The number of aryl methyl sites for hydroxylation is 2. The van der Waals surface area contributed by atoms with E-state index in [1.807, 2.05) is 27.0 Å². The second-order valence-corrected chi connectivity index (χ2v) is 5.26. The highest BCUT2D eigenvalue weighted by Crippen LogP contribution is 2.34. The van der Waals surface area contributed by atoms with E-state index in [9.17, 15) is 5.11 Å². The molecular weight excluding hydrogens is 264 g/mol. The molecule has 1 unspecified atom stereocenters. The molecule has 0 aliphatic heterocycles. The molecule has 0 radical (unpaired) electrons. The fourth-order valence-electron chi connectivity index (χ4n) is 2.08. The lowest BCUT2D eigenvalue weighted by atomic mass is 9.99. The summed E-state index contributed by atoms with van der Waals surface area (Å²) in [6.45, 7) is 6.83. The summed E-state index contributed by atoms with van der Waals surface area (Å²) in [4.78, 5) is 0. The van der Waals surface area contributed by atoms with Crippen LogP contribution < -0.4 is 0 Å². The number of rotatable bonds is 4. The first kappa shape index (κ1) is 14.1. The van der Waals surface area contributed by atoms with Gasteiger partial charge in [-0.2, -0.15) is 10.2 Å². The molecule has 0 spiro atoms. The summed E-state index contributed by atoms with van der Waals surface area (Å²) in [6.07, 6.45) is 2.71. The van der Waals surface area contributed by atoms with Gasteiger partial charge in [0.2, 0.25) is 0 Å². The van der Waals surface area contributed by atoms with Crippen LogP contribution in [0.1, 0.15) is 49.6 Å². The number of aromatic nitrogens is 4. The Hall–Kier alpha value is -1.33. The molecule has 0 aliphatic rings. The Morgan fingerprint density at radius 1 is 1.42 bits per heavy atom. The second kappa shape index (κ2) is 5.35. The molecule has 2 aromatic rings. The third-order valence-electron chi connectivity index (χ3n) is 3.15. The lowest BCUT2D eigenvalue weighted by molar-refractivity contribution is 0.218. The molecule has 0 amide bonds. The van der Waals surface area contributed by atoms with Gasteiger partial charge in [-0.3, -0.25) is 9.36 Å². The Labute approximate surface area is 117 Å². The van der Waals surface area contributed by atoms with E-state index in [0.717, 1.165) is 17.8 Å². The number of hydrogen-bond donors (Lipinski definition) is 1. The van der Waals surface area contributed by atoms with E-state index >= 15 is 0 Å². The summed E-state index contributed by atoms with van der Waals surface area (Å²) in [6, 6.07) is 0. The van der Waals surface area contributed by atoms with E-state index in [0.29, 0.717) is 10.7 Å². The maximum absolute atomic E-state index is 10.5. The van der Waals surface area contributed by atoms with E-state index in [1.54, 1.807) is 22.6 Å². The Kier molecular flexibility index (Phi) is 3.96. The summed E-state index contributed by atoms with van der Waals surface area (Å²) in [7, 11) is 1.78. The molecule has 5 nitrogen and oxygen atoms in total. The van der Waals surface area contributed by atoms with Gasteiger partial charge >= 0.3 is 0 Å². The van der Waals surface area contributed by atoms with Gasteiger partial charge < -0.3 is 5.11 Å². The Morgan fingerprint density at radius 3 is 2.63 bits per heavy atom. The number of hydrogen-bond acceptors (Lipinski definition) is 3. The maximum atomic E-state index is 10.5. The van der Waals surface area contributed by atoms with Crippen LogP contribution in [0, 0.1) is 0 Å². The SMILES string of the molecule is CCn1cc(C(O)c2c(C(C)C)nn(C)c2Cl)cn1. The predicted molar refractivity (Wildman–Crippen MR) is 74.3 cm³/mol. The zero-order valence-corrected chi connectivity index (χ0v) is 12.4. The van der Waals surface area contributed by atoms with Crippen molar-refractivity contribution in [2.24, 2.45) is 7.05 Å². The lowest BCUT2D eigenvalue weighted by Crippen LogP contribution is -2.03. The predicted octanol–water partition coefficient (Wildman–Crippen LogP) is 2.50. The van der Waals surface area contributed by atoms with Crippen molar-refractivity contribution in [1.82, 2.24) is 19.6 Å². The standard InChI is InChI=1S/C13H19ClN4O/c1-5-18-7-9(6-15-18)12(19)10-11(8(2)3)16-17(4)13(10)14/h6-8,12,19H,5H2,1-4H3. The van der Waals surface area contributed by atoms with Crippen LogP contribution in [-0.4, -0.2) is 24.7 Å². The molecule has 19 heavy (non-hydrogen) atoms. The molecule has 2 rings (SSSR count). The van der Waals surface area contributed by atoms with Gasteiger partial charge in [0.15, 0.2) is 0 Å². The first-order valence-corrected chi connectivity index (χ1v) is 6.76. The zero-order valence-electron chi connectivity index (χ0n) is 11.6. The fraction of sp³-hybridized carbons (Fsp3) is 0.538. The normalized spacial score (nSPS) is 13.2. The average molecular weight is 283 g/mol. The summed E-state index contributed by atoms with van der Waals surface area (Å²) >= 11 is 6.26. The third kappa shape index (κ3) is 2.53. The van der Waals surface area contributed by atoms with Gasteiger partial charge in [-0.1, -0.05) is 25.4 Å². The van der Waals surface area contributed by atoms with Crippen molar-refractivity contribution in [1.29, 1.82) is 0 Å². The smallest absolute Gasteiger partial charge is 0.133 e. The molecule has 1 atom stereocenters. The summed E-state index contributed by atoms with van der Waals surface area (Å²) in [5.41, 5.74) is 2.23. The second-order valence-electron chi connectivity index (χ2n) is 4.90. The summed E-state index contributed by atoms with van der Waals surface area (Å²) < 4.78 is 3.37. The molecule has 0 saturated heterocycles. The van der Waals surface area contributed by atoms with Crippen LogP contribution in [0.3, 0.4) is 0 Å². The number of aliphatic hydroxyl groups excluding tert-OH is 1. The highest BCUT2D eigenvalue weighted by Gasteiger charge is 2.25. The van der Waals surface area contributed by atoms with E-state index in [4.69, 9.17) is 11.6 Å². The van der Waals surface area contributed by atoms with Crippen molar-refractivity contribution in [3.63, 3.8) is 0 Å². The molecule has 2 aromatic heterocycles. The number of aliphatic hydroxyl groups is 1. The van der Waals surface area contributed by atoms with Crippen molar-refractivity contribution in [2.45, 2.75) is 39.3 Å². The Balaban J connectivity index is 2.45. The van der Waals surface area contributed by atoms with Crippen LogP contribution in [0.25, 0.3) is 0 Å². The van der Waals surface area contributed by atoms with Crippen LogP contribution in [0.2, 0.25) is 5.15 Å². The molecule has 0 fully saturated rings. The maximum Gasteiger partial charge on any atom is 0.133 e. The van der Waals surface area contributed by atoms with E-state index < -0.39 is 6.10 Å². The summed E-state index contributed by atoms with van der Waals surface area (Å²) in [5.74, 6) is 0.199. The average Bonchev–Trinajstić information content (AvgIpc) is 2.95. The Bertz CT molecular complexity index is 573. The molecule has 0 bridgehead atoms. The van der Waals surface area contributed by atoms with Gasteiger partial charge in [-0.15, -0.1) is 0 Å². The lowest BCUT2D eigenvalue weighted by Gasteiger charge is -2.11. The highest BCUT2D eigenvalue weighted by atomic mass is 35.5. The van der Waals surface area contributed by atoms with Gasteiger partial charge in [0.1, 0.15) is 11.3 Å². The molecular formula is C13H19ClN4O. The van der Waals surface area contributed by atoms with Crippen molar-refractivity contribution < 1.29 is 5.11 Å². The van der Waals surface area contributed by atoms with E-state index in [2.05, 4.69) is 10.2 Å². The molecule has 104 valence electrons. The minimum absolute atomic E-state index is 0.199. The van der Waals surface area contributed by atoms with E-state index in [1.165, 1.54) is 0 Å². The van der Waals surface area contributed by atoms with Gasteiger partial charge in [0.25, 0.3) is 0 Å². The van der Waals surface area contributed by atoms with Gasteiger partial charge in [0, 0.05) is 30.9 Å². The Morgan fingerprint density at radius 2 is 2.11 bits per heavy atom. The van der Waals surface area contributed by atoms with Crippen LogP contribution in [0.4, 0.5) is 0 Å². The third-order valence-corrected chi connectivity index (χ3v) is 3.60. The minimum atomic E-state index is -0.793. The van der Waals surface area contributed by atoms with Crippen LogP contribution in [0.15, 0.2) is 12.4 Å². The molecule has 1 N–H and O–H groups in total. The zero-order chi connectivity index (χ0) is 14.2. The molecule has 2 heterocycles. The summed E-state index contributed by atoms with van der Waals surface area (Å²) in [5, 5.41) is 19.6.